The second-order valence-electron chi connectivity index (χ2n) is 2.98. The molecular formula is C9H6BrF3N2O2. The van der Waals surface area contributed by atoms with E-state index in [9.17, 15) is 18.0 Å². The molecule has 0 atom stereocenters. The van der Waals surface area contributed by atoms with Gasteiger partial charge in [0.1, 0.15) is 0 Å². The van der Waals surface area contributed by atoms with Gasteiger partial charge in [0.2, 0.25) is 5.88 Å². The summed E-state index contributed by atoms with van der Waals surface area (Å²) in [7, 11) is 0. The molecule has 0 aliphatic heterocycles. The average molecular weight is 311 g/mol. The van der Waals surface area contributed by atoms with Gasteiger partial charge in [-0.3, -0.25) is 9.78 Å². The number of nitrogens with one attached hydrogen (secondary N) is 1. The van der Waals surface area contributed by atoms with Gasteiger partial charge in [0.05, 0.1) is 12.5 Å². The van der Waals surface area contributed by atoms with Crippen LogP contribution >= 0.6 is 15.9 Å². The summed E-state index contributed by atoms with van der Waals surface area (Å²) in [4.78, 5) is 13.0. The molecule has 0 fully saturated rings. The Labute approximate surface area is 102 Å². The summed E-state index contributed by atoms with van der Waals surface area (Å²) < 4.78 is 40.0. The summed E-state index contributed by atoms with van der Waals surface area (Å²) in [5.74, 6) is -0.735. The van der Waals surface area contributed by atoms with Crippen molar-refractivity contribution in [3.8, 4) is 11.9 Å². The molecule has 0 unspecified atom stereocenters. The molecule has 0 aliphatic rings. The maximum atomic E-state index is 12.1. The van der Waals surface area contributed by atoms with Crippen LogP contribution in [0.3, 0.4) is 0 Å². The number of alkyl halides is 4. The number of ether oxygens (including phenoxy) is 1. The van der Waals surface area contributed by atoms with Crippen molar-refractivity contribution in [1.29, 1.82) is 5.26 Å². The zero-order valence-corrected chi connectivity index (χ0v) is 9.85. The normalized spacial score (nSPS) is 11.0. The Morgan fingerprint density at radius 2 is 2.18 bits per heavy atom. The van der Waals surface area contributed by atoms with Gasteiger partial charge in [0.25, 0.3) is 5.56 Å². The number of rotatable bonds is 3. The minimum atomic E-state index is -4.92. The molecule has 0 spiro atoms. The summed E-state index contributed by atoms with van der Waals surface area (Å²) in [5, 5.41) is 8.69. The van der Waals surface area contributed by atoms with Crippen molar-refractivity contribution in [2.45, 2.75) is 18.1 Å². The monoisotopic (exact) mass is 310 g/mol. The van der Waals surface area contributed by atoms with Crippen LogP contribution in [0.1, 0.15) is 11.1 Å². The Hall–Kier alpha value is -1.49. The second-order valence-corrected chi connectivity index (χ2v) is 3.54. The van der Waals surface area contributed by atoms with Gasteiger partial charge in [-0.1, -0.05) is 15.9 Å². The summed E-state index contributed by atoms with van der Waals surface area (Å²) in [6.45, 7) is 0. The van der Waals surface area contributed by atoms with E-state index in [0.717, 1.165) is 6.07 Å². The van der Waals surface area contributed by atoms with E-state index in [0.29, 0.717) is 0 Å². The molecule has 1 rings (SSSR count). The molecule has 1 aromatic heterocycles. The van der Waals surface area contributed by atoms with E-state index in [1.165, 1.54) is 0 Å². The van der Waals surface area contributed by atoms with Gasteiger partial charge in [-0.2, -0.15) is 5.26 Å². The highest BCUT2D eigenvalue weighted by atomic mass is 79.9. The lowest BCUT2D eigenvalue weighted by Crippen LogP contribution is -2.22. The van der Waals surface area contributed by atoms with Crippen molar-refractivity contribution in [2.24, 2.45) is 0 Å². The standard InChI is InChI=1S/C9H6BrF3N2O2/c10-4-5-3-7(16)15-8(6(5)1-2-14)17-9(11,12)13/h3H,1,4H2,(H,15,16). The molecule has 0 radical (unpaired) electrons. The number of halogens is 4. The summed E-state index contributed by atoms with van der Waals surface area (Å²) in [6, 6.07) is 2.83. The predicted octanol–water partition coefficient (Wildman–Crippen LogP) is 2.23. The Kier molecular flexibility index (Phi) is 4.17. The van der Waals surface area contributed by atoms with Crippen LogP contribution in [0.4, 0.5) is 13.2 Å². The van der Waals surface area contributed by atoms with Crippen molar-refractivity contribution in [3.05, 3.63) is 27.5 Å². The van der Waals surface area contributed by atoms with E-state index in [2.05, 4.69) is 20.7 Å². The van der Waals surface area contributed by atoms with E-state index in [-0.39, 0.29) is 22.9 Å². The molecule has 0 aromatic carbocycles. The van der Waals surface area contributed by atoms with Crippen LogP contribution in [0.25, 0.3) is 0 Å². The minimum Gasteiger partial charge on any atom is -0.389 e. The van der Waals surface area contributed by atoms with Gasteiger partial charge in [-0.05, 0) is 5.56 Å². The van der Waals surface area contributed by atoms with Crippen LogP contribution in [-0.2, 0) is 11.8 Å². The second kappa shape index (κ2) is 5.23. The van der Waals surface area contributed by atoms with Gasteiger partial charge in [0.15, 0.2) is 0 Å². The van der Waals surface area contributed by atoms with E-state index < -0.39 is 17.8 Å². The minimum absolute atomic E-state index is 0.0151. The molecule has 0 aliphatic carbocycles. The number of H-pyrrole nitrogens is 1. The number of pyridine rings is 1. The number of nitrogens with zero attached hydrogens (tertiary/aromatic N) is 1. The number of hydrogen-bond acceptors (Lipinski definition) is 3. The molecule has 0 amide bonds. The zero-order valence-electron chi connectivity index (χ0n) is 8.27. The molecule has 92 valence electrons. The fraction of sp³-hybridized carbons (Fsp3) is 0.333. The average Bonchev–Trinajstić information content (AvgIpc) is 2.19. The number of nitriles is 1. The molecular weight excluding hydrogens is 305 g/mol. The lowest BCUT2D eigenvalue weighted by Gasteiger charge is -2.13. The third kappa shape index (κ3) is 3.78. The van der Waals surface area contributed by atoms with Gasteiger partial charge >= 0.3 is 6.36 Å². The SMILES string of the molecule is N#CCc1c(CBr)cc(=O)[nH]c1OC(F)(F)F. The molecule has 1 N–H and O–H groups in total. The Balaban J connectivity index is 3.31. The first-order valence-electron chi connectivity index (χ1n) is 4.31. The van der Waals surface area contributed by atoms with Crippen LogP contribution in [0.2, 0.25) is 0 Å². The Morgan fingerprint density at radius 1 is 1.53 bits per heavy atom. The lowest BCUT2D eigenvalue weighted by atomic mass is 10.1. The maximum Gasteiger partial charge on any atom is 0.574 e. The Bertz CT molecular complexity index is 504. The third-order valence-electron chi connectivity index (χ3n) is 1.82. The first-order valence-corrected chi connectivity index (χ1v) is 5.43. The Morgan fingerprint density at radius 3 is 2.65 bits per heavy atom. The van der Waals surface area contributed by atoms with E-state index in [1.807, 2.05) is 4.98 Å². The molecule has 0 saturated carbocycles. The molecule has 0 saturated heterocycles. The molecule has 17 heavy (non-hydrogen) atoms. The number of hydrogen-bond donors (Lipinski definition) is 1. The largest absolute Gasteiger partial charge is 0.574 e. The van der Waals surface area contributed by atoms with Gasteiger partial charge in [-0.25, -0.2) is 0 Å². The highest BCUT2D eigenvalue weighted by Crippen LogP contribution is 2.26. The van der Waals surface area contributed by atoms with Crippen molar-refractivity contribution in [1.82, 2.24) is 4.98 Å². The smallest absolute Gasteiger partial charge is 0.389 e. The fourth-order valence-electron chi connectivity index (χ4n) is 1.21. The molecule has 4 nitrogen and oxygen atoms in total. The first-order chi connectivity index (χ1) is 7.87. The fourth-order valence-corrected chi connectivity index (χ4v) is 1.71. The highest BCUT2D eigenvalue weighted by molar-refractivity contribution is 9.08. The van der Waals surface area contributed by atoms with Gasteiger partial charge in [-0.15, -0.1) is 13.2 Å². The third-order valence-corrected chi connectivity index (χ3v) is 2.43. The van der Waals surface area contributed by atoms with Crippen LogP contribution in [0, 0.1) is 11.3 Å². The number of aromatic amines is 1. The van der Waals surface area contributed by atoms with Crippen LogP contribution in [-0.4, -0.2) is 11.3 Å². The van der Waals surface area contributed by atoms with E-state index in [4.69, 9.17) is 5.26 Å². The van der Waals surface area contributed by atoms with Crippen molar-refractivity contribution in [3.63, 3.8) is 0 Å². The van der Waals surface area contributed by atoms with Crippen molar-refractivity contribution >= 4 is 15.9 Å². The molecule has 0 bridgehead atoms. The van der Waals surface area contributed by atoms with Crippen LogP contribution < -0.4 is 10.3 Å². The number of aromatic nitrogens is 1. The van der Waals surface area contributed by atoms with E-state index in [1.54, 1.807) is 6.07 Å². The first kappa shape index (κ1) is 13.6. The van der Waals surface area contributed by atoms with Crippen molar-refractivity contribution in [2.75, 3.05) is 0 Å². The zero-order chi connectivity index (χ0) is 13.1. The molecule has 1 heterocycles. The van der Waals surface area contributed by atoms with Crippen LogP contribution in [0.5, 0.6) is 5.88 Å². The predicted molar refractivity (Wildman–Crippen MR) is 55.7 cm³/mol. The summed E-state index contributed by atoms with van der Waals surface area (Å²) >= 11 is 3.03. The van der Waals surface area contributed by atoms with E-state index >= 15 is 0 Å². The van der Waals surface area contributed by atoms with Crippen LogP contribution in [0.15, 0.2) is 10.9 Å². The van der Waals surface area contributed by atoms with Gasteiger partial charge in [0, 0.05) is 17.0 Å². The maximum absolute atomic E-state index is 12.1. The van der Waals surface area contributed by atoms with Gasteiger partial charge < -0.3 is 4.74 Å². The summed E-state index contributed by atoms with van der Waals surface area (Å²) in [6.07, 6.45) is -5.21. The highest BCUT2D eigenvalue weighted by Gasteiger charge is 2.33. The van der Waals surface area contributed by atoms with Crippen molar-refractivity contribution < 1.29 is 17.9 Å². The molecule has 1 aromatic rings. The molecule has 8 heteroatoms. The quantitative estimate of drug-likeness (QED) is 0.871. The lowest BCUT2D eigenvalue weighted by molar-refractivity contribution is -0.276. The topological polar surface area (TPSA) is 65.9 Å². The summed E-state index contributed by atoms with van der Waals surface area (Å²) in [5.41, 5.74) is -0.420.